The molecule has 0 bridgehead atoms. The number of rotatable bonds is 4. The summed E-state index contributed by atoms with van der Waals surface area (Å²) in [6.45, 7) is 0.169. The fourth-order valence-corrected chi connectivity index (χ4v) is 4.82. The van der Waals surface area contributed by atoms with E-state index in [0.717, 1.165) is 22.5 Å². The number of carbonyl (C=O) groups is 1. The monoisotopic (exact) mass is 465 g/mol. The van der Waals surface area contributed by atoms with Crippen molar-refractivity contribution in [2.45, 2.75) is 11.1 Å². The Hall–Kier alpha value is -3.25. The summed E-state index contributed by atoms with van der Waals surface area (Å²) >= 11 is 0. The number of nitrogens with zero attached hydrogens (tertiary/aromatic N) is 5. The molecule has 0 N–H and O–H groups in total. The smallest absolute Gasteiger partial charge is 0.336 e. The van der Waals surface area contributed by atoms with Crippen LogP contribution in [0.4, 0.5) is 13.2 Å². The van der Waals surface area contributed by atoms with Crippen molar-refractivity contribution < 1.29 is 26.4 Å². The van der Waals surface area contributed by atoms with Gasteiger partial charge in [0.05, 0.1) is 16.0 Å². The first-order valence-electron chi connectivity index (χ1n) is 9.59. The highest BCUT2D eigenvalue weighted by Gasteiger charge is 2.34. The third kappa shape index (κ3) is 4.36. The van der Waals surface area contributed by atoms with E-state index in [0.29, 0.717) is 17.4 Å². The molecule has 1 amide bonds. The van der Waals surface area contributed by atoms with Crippen LogP contribution in [0.1, 0.15) is 15.9 Å². The van der Waals surface area contributed by atoms with E-state index in [-0.39, 0.29) is 32.1 Å². The number of pyridine rings is 1. The van der Waals surface area contributed by atoms with Gasteiger partial charge in [0.1, 0.15) is 0 Å². The molecule has 8 nitrogen and oxygen atoms in total. The number of aromatic nitrogens is 3. The molecule has 3 aromatic rings. The van der Waals surface area contributed by atoms with Gasteiger partial charge >= 0.3 is 6.18 Å². The normalized spacial score (nSPS) is 15.7. The van der Waals surface area contributed by atoms with Gasteiger partial charge in [0.25, 0.3) is 5.91 Å². The zero-order valence-electron chi connectivity index (χ0n) is 16.6. The molecule has 0 spiro atoms. The lowest BCUT2D eigenvalue weighted by atomic mass is 10.2. The summed E-state index contributed by atoms with van der Waals surface area (Å²) in [7, 11) is -4.12. The fourth-order valence-electron chi connectivity index (χ4n) is 3.35. The molecule has 0 atom stereocenters. The van der Waals surface area contributed by atoms with Crippen molar-refractivity contribution in [2.75, 3.05) is 26.2 Å². The van der Waals surface area contributed by atoms with E-state index >= 15 is 0 Å². The molecule has 1 aromatic carbocycles. The van der Waals surface area contributed by atoms with Crippen molar-refractivity contribution in [3.8, 4) is 5.82 Å². The van der Waals surface area contributed by atoms with Gasteiger partial charge in [-0.1, -0.05) is 6.07 Å². The van der Waals surface area contributed by atoms with E-state index in [1.807, 2.05) is 0 Å². The van der Waals surface area contributed by atoms with Gasteiger partial charge in [-0.05, 0) is 36.4 Å². The van der Waals surface area contributed by atoms with Crippen LogP contribution in [0, 0.1) is 0 Å². The Morgan fingerprint density at radius 2 is 1.75 bits per heavy atom. The second-order valence-corrected chi connectivity index (χ2v) is 9.02. The molecule has 1 saturated heterocycles. The molecular weight excluding hydrogens is 447 g/mol. The summed E-state index contributed by atoms with van der Waals surface area (Å²) in [6.07, 6.45) is 0.101. The number of alkyl halides is 3. The molecule has 168 valence electrons. The topological polar surface area (TPSA) is 88.4 Å². The standard InChI is InChI=1S/C20H18F3N5O3S/c21-20(22,23)16-3-1-4-17(13-16)32(30,31)27-11-9-26(10-12-27)19(29)15-5-6-18(24-14-15)28-8-2-7-25-28/h1-8,13-14H,9-12H2. The fraction of sp³-hybridized carbons (Fsp3) is 0.250. The Morgan fingerprint density at radius 1 is 1.00 bits per heavy atom. The minimum atomic E-state index is -4.64. The summed E-state index contributed by atoms with van der Waals surface area (Å²) in [4.78, 5) is 18.0. The van der Waals surface area contributed by atoms with Crippen molar-refractivity contribution in [1.29, 1.82) is 0 Å². The minimum absolute atomic E-state index is 0.0247. The van der Waals surface area contributed by atoms with Crippen molar-refractivity contribution in [2.24, 2.45) is 0 Å². The lowest BCUT2D eigenvalue weighted by Crippen LogP contribution is -2.50. The van der Waals surface area contributed by atoms with Crippen molar-refractivity contribution in [3.05, 3.63) is 72.2 Å². The van der Waals surface area contributed by atoms with Crippen molar-refractivity contribution >= 4 is 15.9 Å². The van der Waals surface area contributed by atoms with E-state index in [2.05, 4.69) is 10.1 Å². The molecule has 4 rings (SSSR count). The molecule has 0 aliphatic carbocycles. The maximum absolute atomic E-state index is 12.9. The SMILES string of the molecule is O=C(c1ccc(-n2cccn2)nc1)N1CCN(S(=O)(=O)c2cccc(C(F)(F)F)c2)CC1. The van der Waals surface area contributed by atoms with Crippen LogP contribution in [0.5, 0.6) is 0 Å². The van der Waals surface area contributed by atoms with Crippen LogP contribution in [0.3, 0.4) is 0 Å². The predicted octanol–water partition coefficient (Wildman–Crippen LogP) is 2.43. The van der Waals surface area contributed by atoms with Crippen LogP contribution in [-0.4, -0.2) is 64.5 Å². The third-order valence-corrected chi connectivity index (χ3v) is 6.95. The Balaban J connectivity index is 1.43. The Kier molecular flexibility index (Phi) is 5.73. The summed E-state index contributed by atoms with van der Waals surface area (Å²) in [5, 5.41) is 4.06. The first kappa shape index (κ1) is 22.0. The highest BCUT2D eigenvalue weighted by atomic mass is 32.2. The number of halogens is 3. The molecule has 12 heteroatoms. The number of piperazine rings is 1. The van der Waals surface area contributed by atoms with Gasteiger partial charge in [-0.3, -0.25) is 4.79 Å². The molecule has 2 aromatic heterocycles. The van der Waals surface area contributed by atoms with E-state index in [1.54, 1.807) is 35.3 Å². The van der Waals surface area contributed by atoms with Gasteiger partial charge in [-0.15, -0.1) is 0 Å². The second kappa shape index (κ2) is 8.36. The Bertz CT molecular complexity index is 1200. The first-order chi connectivity index (χ1) is 15.2. The minimum Gasteiger partial charge on any atom is -0.336 e. The zero-order chi connectivity index (χ0) is 22.9. The van der Waals surface area contributed by atoms with Gasteiger partial charge in [0.2, 0.25) is 10.0 Å². The lowest BCUT2D eigenvalue weighted by Gasteiger charge is -2.34. The van der Waals surface area contributed by atoms with Crippen LogP contribution in [0.25, 0.3) is 5.82 Å². The Labute approximate surface area is 181 Å². The Morgan fingerprint density at radius 3 is 2.34 bits per heavy atom. The molecular formula is C20H18F3N5O3S. The maximum atomic E-state index is 12.9. The quantitative estimate of drug-likeness (QED) is 0.591. The van der Waals surface area contributed by atoms with Crippen LogP contribution in [-0.2, 0) is 16.2 Å². The van der Waals surface area contributed by atoms with Gasteiger partial charge in [-0.25, -0.2) is 18.1 Å². The van der Waals surface area contributed by atoms with Crippen LogP contribution in [0.2, 0.25) is 0 Å². The number of sulfonamides is 1. The summed E-state index contributed by atoms with van der Waals surface area (Å²) in [5.41, 5.74) is -0.687. The molecule has 0 saturated carbocycles. The molecule has 1 fully saturated rings. The van der Waals surface area contributed by atoms with E-state index in [4.69, 9.17) is 0 Å². The average Bonchev–Trinajstić information content (AvgIpc) is 3.33. The highest BCUT2D eigenvalue weighted by molar-refractivity contribution is 7.89. The van der Waals surface area contributed by atoms with Crippen LogP contribution in [0.15, 0.2) is 66.0 Å². The third-order valence-electron chi connectivity index (χ3n) is 5.06. The van der Waals surface area contributed by atoms with E-state index in [1.165, 1.54) is 11.1 Å². The highest BCUT2D eigenvalue weighted by Crippen LogP contribution is 2.31. The number of hydrogen-bond acceptors (Lipinski definition) is 5. The summed E-state index contributed by atoms with van der Waals surface area (Å²) in [6, 6.07) is 8.64. The lowest BCUT2D eigenvalue weighted by molar-refractivity contribution is -0.137. The molecule has 3 heterocycles. The van der Waals surface area contributed by atoms with E-state index < -0.39 is 26.7 Å². The van der Waals surface area contributed by atoms with Gasteiger partial charge < -0.3 is 4.90 Å². The maximum Gasteiger partial charge on any atom is 0.416 e. The van der Waals surface area contributed by atoms with Gasteiger partial charge in [0, 0.05) is 44.8 Å². The molecule has 0 radical (unpaired) electrons. The summed E-state index contributed by atoms with van der Waals surface area (Å²) < 4.78 is 67.1. The van der Waals surface area contributed by atoms with Crippen LogP contribution < -0.4 is 0 Å². The van der Waals surface area contributed by atoms with Crippen molar-refractivity contribution in [3.63, 3.8) is 0 Å². The van der Waals surface area contributed by atoms with Crippen LogP contribution >= 0.6 is 0 Å². The van der Waals surface area contributed by atoms with Gasteiger partial charge in [0.15, 0.2) is 5.82 Å². The average molecular weight is 465 g/mol. The largest absolute Gasteiger partial charge is 0.416 e. The first-order valence-corrected chi connectivity index (χ1v) is 11.0. The molecule has 1 aliphatic heterocycles. The molecule has 1 aliphatic rings. The predicted molar refractivity (Wildman–Crippen MR) is 107 cm³/mol. The summed E-state index contributed by atoms with van der Waals surface area (Å²) in [5.74, 6) is 0.240. The number of amides is 1. The number of hydrogen-bond donors (Lipinski definition) is 0. The molecule has 32 heavy (non-hydrogen) atoms. The van der Waals surface area contributed by atoms with Gasteiger partial charge in [-0.2, -0.15) is 22.6 Å². The second-order valence-electron chi connectivity index (χ2n) is 7.08. The zero-order valence-corrected chi connectivity index (χ0v) is 17.4. The number of benzene rings is 1. The number of carbonyl (C=O) groups excluding carboxylic acids is 1. The molecule has 0 unspecified atom stereocenters. The van der Waals surface area contributed by atoms with Crippen molar-refractivity contribution in [1.82, 2.24) is 24.0 Å². The van der Waals surface area contributed by atoms with E-state index in [9.17, 15) is 26.4 Å².